The summed E-state index contributed by atoms with van der Waals surface area (Å²) < 4.78 is 7.82. The number of rotatable bonds is 6. The van der Waals surface area contributed by atoms with E-state index in [0.717, 1.165) is 30.1 Å². The molecule has 4 nitrogen and oxygen atoms in total. The Hall–Kier alpha value is -1.55. The number of nitrogens with zero attached hydrogens (tertiary/aromatic N) is 2. The number of hydrogen-bond donors (Lipinski definition) is 1. The molecule has 0 amide bonds. The monoisotopic (exact) mass is 289 g/mol. The number of aryl methyl sites for hydroxylation is 3. The Balaban J connectivity index is 2.18. The van der Waals surface area contributed by atoms with Crippen molar-refractivity contribution < 1.29 is 4.42 Å². The van der Waals surface area contributed by atoms with E-state index < -0.39 is 0 Å². The molecule has 0 aromatic carbocycles. The fourth-order valence-corrected chi connectivity index (χ4v) is 2.90. The fraction of sp³-hybridized carbons (Fsp3) is 0.588. The molecular weight excluding hydrogens is 262 g/mol. The maximum absolute atomic E-state index is 5.86. The summed E-state index contributed by atoms with van der Waals surface area (Å²) in [6.07, 6.45) is 1.96. The van der Waals surface area contributed by atoms with Crippen molar-refractivity contribution in [3.05, 3.63) is 40.6 Å². The SMILES string of the molecule is CCc1ccc([C@H](C)N[C@@H](CC)c2c(C)nn(C)c2C)o1. The fourth-order valence-electron chi connectivity index (χ4n) is 2.90. The van der Waals surface area contributed by atoms with Crippen molar-refractivity contribution in [2.45, 2.75) is 59.5 Å². The second-order valence-corrected chi connectivity index (χ2v) is 5.71. The molecule has 2 atom stereocenters. The standard InChI is InChI=1S/C17H27N3O/c1-7-14-9-10-16(21-14)11(3)18-15(8-2)17-12(4)19-20(6)13(17)5/h9-11,15,18H,7-8H2,1-6H3/t11-,15-/m0/s1. The van der Waals surface area contributed by atoms with Crippen molar-refractivity contribution in [1.82, 2.24) is 15.1 Å². The molecular formula is C17H27N3O. The lowest BCUT2D eigenvalue weighted by Crippen LogP contribution is -2.25. The molecule has 4 heteroatoms. The molecule has 2 rings (SSSR count). The molecule has 0 radical (unpaired) electrons. The highest BCUT2D eigenvalue weighted by atomic mass is 16.3. The van der Waals surface area contributed by atoms with Crippen LogP contribution in [0.15, 0.2) is 16.5 Å². The number of furan rings is 1. The van der Waals surface area contributed by atoms with Gasteiger partial charge in [0.2, 0.25) is 0 Å². The van der Waals surface area contributed by atoms with Crippen LogP contribution in [0, 0.1) is 13.8 Å². The van der Waals surface area contributed by atoms with Gasteiger partial charge in [-0.2, -0.15) is 5.10 Å². The summed E-state index contributed by atoms with van der Waals surface area (Å²) in [4.78, 5) is 0. The smallest absolute Gasteiger partial charge is 0.120 e. The molecule has 0 saturated carbocycles. The van der Waals surface area contributed by atoms with E-state index in [4.69, 9.17) is 4.42 Å². The van der Waals surface area contributed by atoms with Crippen LogP contribution >= 0.6 is 0 Å². The molecule has 2 aromatic rings. The van der Waals surface area contributed by atoms with Gasteiger partial charge >= 0.3 is 0 Å². The minimum absolute atomic E-state index is 0.189. The molecule has 0 unspecified atom stereocenters. The van der Waals surface area contributed by atoms with Crippen LogP contribution in [-0.4, -0.2) is 9.78 Å². The van der Waals surface area contributed by atoms with Gasteiger partial charge in [-0.05, 0) is 39.3 Å². The first-order valence-electron chi connectivity index (χ1n) is 7.82. The molecule has 116 valence electrons. The highest BCUT2D eigenvalue weighted by molar-refractivity contribution is 5.28. The van der Waals surface area contributed by atoms with E-state index in [0.29, 0.717) is 6.04 Å². The molecule has 1 N–H and O–H groups in total. The zero-order valence-electron chi connectivity index (χ0n) is 14.0. The third-order valence-corrected chi connectivity index (χ3v) is 4.23. The summed E-state index contributed by atoms with van der Waals surface area (Å²) in [7, 11) is 2.00. The minimum Gasteiger partial charge on any atom is -0.464 e. The van der Waals surface area contributed by atoms with Crippen molar-refractivity contribution in [2.75, 3.05) is 0 Å². The lowest BCUT2D eigenvalue weighted by Gasteiger charge is -2.22. The first-order valence-corrected chi connectivity index (χ1v) is 7.82. The van der Waals surface area contributed by atoms with E-state index in [9.17, 15) is 0 Å². The maximum atomic E-state index is 5.86. The minimum atomic E-state index is 0.189. The zero-order chi connectivity index (χ0) is 15.6. The molecule has 2 aromatic heterocycles. The molecule has 2 heterocycles. The second-order valence-electron chi connectivity index (χ2n) is 5.71. The van der Waals surface area contributed by atoms with Crippen LogP contribution in [0.3, 0.4) is 0 Å². The van der Waals surface area contributed by atoms with Gasteiger partial charge in [-0.3, -0.25) is 4.68 Å². The van der Waals surface area contributed by atoms with Crippen molar-refractivity contribution >= 4 is 0 Å². The third-order valence-electron chi connectivity index (χ3n) is 4.23. The van der Waals surface area contributed by atoms with Gasteiger partial charge in [-0.15, -0.1) is 0 Å². The van der Waals surface area contributed by atoms with Gasteiger partial charge in [0, 0.05) is 30.8 Å². The number of nitrogens with one attached hydrogen (secondary N) is 1. The molecule has 0 saturated heterocycles. The van der Waals surface area contributed by atoms with Gasteiger partial charge < -0.3 is 9.73 Å². The first kappa shape index (κ1) is 15.8. The average Bonchev–Trinajstić information content (AvgIpc) is 3.03. The Kier molecular flexibility index (Phi) is 4.88. The van der Waals surface area contributed by atoms with Crippen LogP contribution in [0.5, 0.6) is 0 Å². The Bertz CT molecular complexity index is 597. The molecule has 0 spiro atoms. The highest BCUT2D eigenvalue weighted by Gasteiger charge is 2.21. The van der Waals surface area contributed by atoms with Crippen molar-refractivity contribution in [3.63, 3.8) is 0 Å². The Morgan fingerprint density at radius 2 is 2.00 bits per heavy atom. The van der Waals surface area contributed by atoms with Crippen LogP contribution in [0.25, 0.3) is 0 Å². The molecule has 0 bridgehead atoms. The predicted molar refractivity (Wildman–Crippen MR) is 85.4 cm³/mol. The molecule has 21 heavy (non-hydrogen) atoms. The van der Waals surface area contributed by atoms with E-state index in [1.807, 2.05) is 11.7 Å². The third kappa shape index (κ3) is 3.21. The average molecular weight is 289 g/mol. The van der Waals surface area contributed by atoms with Gasteiger partial charge in [0.25, 0.3) is 0 Å². The van der Waals surface area contributed by atoms with Crippen LogP contribution < -0.4 is 5.32 Å². The molecule has 0 fully saturated rings. The van der Waals surface area contributed by atoms with Crippen molar-refractivity contribution in [3.8, 4) is 0 Å². The first-order chi connectivity index (χ1) is 9.97. The largest absolute Gasteiger partial charge is 0.464 e. The van der Waals surface area contributed by atoms with E-state index >= 15 is 0 Å². The van der Waals surface area contributed by atoms with E-state index in [-0.39, 0.29) is 6.04 Å². The van der Waals surface area contributed by atoms with E-state index in [1.54, 1.807) is 0 Å². The van der Waals surface area contributed by atoms with Gasteiger partial charge in [0.1, 0.15) is 11.5 Å². The molecule has 0 aliphatic rings. The lowest BCUT2D eigenvalue weighted by atomic mass is 10.0. The topological polar surface area (TPSA) is 43.0 Å². The summed E-state index contributed by atoms with van der Waals surface area (Å²) >= 11 is 0. The van der Waals surface area contributed by atoms with Crippen LogP contribution in [0.1, 0.15) is 67.7 Å². The van der Waals surface area contributed by atoms with Crippen LogP contribution in [0.4, 0.5) is 0 Å². The Morgan fingerprint density at radius 3 is 2.48 bits per heavy atom. The van der Waals surface area contributed by atoms with Crippen molar-refractivity contribution in [1.29, 1.82) is 0 Å². The van der Waals surface area contributed by atoms with E-state index in [1.165, 1.54) is 11.3 Å². The summed E-state index contributed by atoms with van der Waals surface area (Å²) in [6.45, 7) is 10.7. The number of aromatic nitrogens is 2. The lowest BCUT2D eigenvalue weighted by molar-refractivity contribution is 0.373. The Morgan fingerprint density at radius 1 is 1.29 bits per heavy atom. The summed E-state index contributed by atoms with van der Waals surface area (Å²) in [6, 6.07) is 4.62. The molecule has 0 aliphatic heterocycles. The normalized spacial score (nSPS) is 14.4. The van der Waals surface area contributed by atoms with Gasteiger partial charge in [0.05, 0.1) is 11.7 Å². The maximum Gasteiger partial charge on any atom is 0.120 e. The number of hydrogen-bond acceptors (Lipinski definition) is 3. The summed E-state index contributed by atoms with van der Waals surface area (Å²) in [5.74, 6) is 2.05. The van der Waals surface area contributed by atoms with Gasteiger partial charge in [-0.25, -0.2) is 0 Å². The van der Waals surface area contributed by atoms with Crippen LogP contribution in [-0.2, 0) is 13.5 Å². The summed E-state index contributed by atoms with van der Waals surface area (Å²) in [5, 5.41) is 8.21. The predicted octanol–water partition coefficient (Wildman–Crippen LogP) is 3.99. The quantitative estimate of drug-likeness (QED) is 0.874. The van der Waals surface area contributed by atoms with Gasteiger partial charge in [0.15, 0.2) is 0 Å². The van der Waals surface area contributed by atoms with E-state index in [2.05, 4.69) is 57.2 Å². The van der Waals surface area contributed by atoms with Gasteiger partial charge in [-0.1, -0.05) is 13.8 Å². The second kappa shape index (κ2) is 6.48. The Labute approximate surface area is 127 Å². The van der Waals surface area contributed by atoms with Crippen molar-refractivity contribution in [2.24, 2.45) is 7.05 Å². The van der Waals surface area contributed by atoms with Crippen LogP contribution in [0.2, 0.25) is 0 Å². The summed E-state index contributed by atoms with van der Waals surface area (Å²) in [5.41, 5.74) is 3.65. The highest BCUT2D eigenvalue weighted by Crippen LogP contribution is 2.27. The molecule has 0 aliphatic carbocycles. The zero-order valence-corrected chi connectivity index (χ0v) is 14.0.